The Morgan fingerprint density at radius 3 is 2.56 bits per heavy atom. The topological polar surface area (TPSA) is 69.6 Å². The maximum absolute atomic E-state index is 12.1. The third-order valence-electron chi connectivity index (χ3n) is 3.95. The number of carbonyl (C=O) groups is 2. The van der Waals surface area contributed by atoms with E-state index in [2.05, 4.69) is 5.32 Å². The summed E-state index contributed by atoms with van der Waals surface area (Å²) in [5, 5.41) is 11.9. The first-order chi connectivity index (χ1) is 8.65. The molecule has 0 aromatic heterocycles. The minimum Gasteiger partial charge on any atom is -0.481 e. The summed E-state index contributed by atoms with van der Waals surface area (Å²) in [4.78, 5) is 24.5. The van der Waals surface area contributed by atoms with Crippen molar-refractivity contribution in [2.75, 3.05) is 13.1 Å². The van der Waals surface area contributed by atoms with Crippen LogP contribution in [0, 0.1) is 5.92 Å². The van der Waals surface area contributed by atoms with Crippen LogP contribution in [0.3, 0.4) is 0 Å². The first kappa shape index (κ1) is 13.2. The molecule has 0 bridgehead atoms. The van der Waals surface area contributed by atoms with Crippen molar-refractivity contribution >= 4 is 12.0 Å². The molecule has 2 rings (SSSR count). The first-order valence-electron chi connectivity index (χ1n) is 6.92. The van der Waals surface area contributed by atoms with Crippen molar-refractivity contribution in [2.24, 2.45) is 5.92 Å². The van der Waals surface area contributed by atoms with E-state index < -0.39 is 5.97 Å². The Balaban J connectivity index is 1.79. The second kappa shape index (κ2) is 6.07. The van der Waals surface area contributed by atoms with Crippen molar-refractivity contribution in [3.05, 3.63) is 0 Å². The van der Waals surface area contributed by atoms with Gasteiger partial charge < -0.3 is 15.3 Å². The Kier molecular flexibility index (Phi) is 4.44. The molecule has 1 atom stereocenters. The summed E-state index contributed by atoms with van der Waals surface area (Å²) in [6.07, 6.45) is 6.57. The average Bonchev–Trinajstić information content (AvgIpc) is 2.81. The lowest BCUT2D eigenvalue weighted by Gasteiger charge is -2.33. The number of nitrogens with zero attached hydrogens (tertiary/aromatic N) is 1. The van der Waals surface area contributed by atoms with Crippen molar-refractivity contribution in [3.63, 3.8) is 0 Å². The van der Waals surface area contributed by atoms with Gasteiger partial charge in [0.2, 0.25) is 0 Å². The van der Waals surface area contributed by atoms with Gasteiger partial charge >= 0.3 is 12.0 Å². The monoisotopic (exact) mass is 254 g/mol. The number of carbonyl (C=O) groups excluding carboxylic acids is 1. The number of likely N-dealkylation sites (tertiary alicyclic amines) is 1. The van der Waals surface area contributed by atoms with E-state index in [1.807, 2.05) is 0 Å². The molecule has 1 aliphatic heterocycles. The second-order valence-electron chi connectivity index (χ2n) is 5.48. The summed E-state index contributed by atoms with van der Waals surface area (Å²) in [5.41, 5.74) is 0. The van der Waals surface area contributed by atoms with Gasteiger partial charge in [-0.1, -0.05) is 12.8 Å². The van der Waals surface area contributed by atoms with E-state index in [0.717, 1.165) is 32.2 Å². The molecule has 18 heavy (non-hydrogen) atoms. The van der Waals surface area contributed by atoms with Crippen LogP contribution < -0.4 is 5.32 Å². The number of carboxylic acids is 1. The van der Waals surface area contributed by atoms with Crippen LogP contribution in [-0.2, 0) is 4.79 Å². The molecule has 1 saturated carbocycles. The summed E-state index contributed by atoms with van der Waals surface area (Å²) in [6.45, 7) is 1.35. The normalized spacial score (nSPS) is 25.1. The number of rotatable bonds is 3. The van der Waals surface area contributed by atoms with Crippen LogP contribution in [0.4, 0.5) is 4.79 Å². The number of aliphatic carboxylic acids is 1. The maximum Gasteiger partial charge on any atom is 0.317 e. The molecule has 1 unspecified atom stereocenters. The van der Waals surface area contributed by atoms with Crippen molar-refractivity contribution < 1.29 is 14.7 Å². The number of nitrogens with one attached hydrogen (secondary N) is 1. The average molecular weight is 254 g/mol. The molecule has 2 amide bonds. The SMILES string of the molecule is O=C(O)CC1CCCN(C(=O)NC2CCCC2)C1. The molecule has 0 spiro atoms. The van der Waals surface area contributed by atoms with Crippen LogP contribution in [0.15, 0.2) is 0 Å². The molecule has 0 aromatic rings. The lowest BCUT2D eigenvalue weighted by molar-refractivity contribution is -0.138. The lowest BCUT2D eigenvalue weighted by Crippen LogP contribution is -2.48. The third kappa shape index (κ3) is 3.62. The van der Waals surface area contributed by atoms with Crippen LogP contribution in [0.1, 0.15) is 44.9 Å². The quantitative estimate of drug-likeness (QED) is 0.807. The van der Waals surface area contributed by atoms with Crippen LogP contribution >= 0.6 is 0 Å². The molecular formula is C13H22N2O3. The molecule has 1 saturated heterocycles. The third-order valence-corrected chi connectivity index (χ3v) is 3.95. The van der Waals surface area contributed by atoms with Gasteiger partial charge in [-0.3, -0.25) is 4.79 Å². The standard InChI is InChI=1S/C13H22N2O3/c16-12(17)8-10-4-3-7-15(9-10)13(18)14-11-5-1-2-6-11/h10-11H,1-9H2,(H,14,18)(H,16,17). The van der Waals surface area contributed by atoms with Gasteiger partial charge in [0.1, 0.15) is 0 Å². The molecule has 1 heterocycles. The Labute approximate surface area is 108 Å². The molecule has 2 fully saturated rings. The predicted octanol–water partition coefficient (Wildman–Crippen LogP) is 1.83. The number of carboxylic acid groups (broad SMARTS) is 1. The fourth-order valence-corrected chi connectivity index (χ4v) is 3.00. The summed E-state index contributed by atoms with van der Waals surface area (Å²) in [7, 11) is 0. The highest BCUT2D eigenvalue weighted by molar-refractivity contribution is 5.75. The van der Waals surface area contributed by atoms with E-state index in [1.165, 1.54) is 12.8 Å². The van der Waals surface area contributed by atoms with Gasteiger partial charge in [0.25, 0.3) is 0 Å². The smallest absolute Gasteiger partial charge is 0.317 e. The van der Waals surface area contributed by atoms with Gasteiger partial charge in [0, 0.05) is 25.6 Å². The minimum atomic E-state index is -0.766. The molecule has 2 aliphatic rings. The van der Waals surface area contributed by atoms with E-state index >= 15 is 0 Å². The van der Waals surface area contributed by atoms with Gasteiger partial charge in [-0.15, -0.1) is 0 Å². The summed E-state index contributed by atoms with van der Waals surface area (Å²) in [6, 6.07) is 0.328. The number of piperidine rings is 1. The Morgan fingerprint density at radius 2 is 1.89 bits per heavy atom. The van der Waals surface area contributed by atoms with Crippen molar-refractivity contribution in [1.82, 2.24) is 10.2 Å². The molecule has 5 heteroatoms. The molecule has 0 aromatic carbocycles. The maximum atomic E-state index is 12.1. The fourth-order valence-electron chi connectivity index (χ4n) is 3.00. The second-order valence-corrected chi connectivity index (χ2v) is 5.48. The zero-order chi connectivity index (χ0) is 13.0. The van der Waals surface area contributed by atoms with Crippen LogP contribution in [0.5, 0.6) is 0 Å². The molecule has 0 radical (unpaired) electrons. The number of amides is 2. The van der Waals surface area contributed by atoms with Crippen LogP contribution in [0.2, 0.25) is 0 Å². The van der Waals surface area contributed by atoms with Gasteiger partial charge in [-0.2, -0.15) is 0 Å². The number of hydrogen-bond donors (Lipinski definition) is 2. The Bertz CT molecular complexity index is 313. The van der Waals surface area contributed by atoms with E-state index in [4.69, 9.17) is 5.11 Å². The van der Waals surface area contributed by atoms with Gasteiger partial charge in [-0.25, -0.2) is 4.79 Å². The van der Waals surface area contributed by atoms with E-state index in [0.29, 0.717) is 12.6 Å². The van der Waals surface area contributed by atoms with E-state index in [-0.39, 0.29) is 18.4 Å². The largest absolute Gasteiger partial charge is 0.481 e. The van der Waals surface area contributed by atoms with E-state index in [1.54, 1.807) is 4.90 Å². The molecule has 5 nitrogen and oxygen atoms in total. The highest BCUT2D eigenvalue weighted by Crippen LogP contribution is 2.21. The van der Waals surface area contributed by atoms with Crippen molar-refractivity contribution in [3.8, 4) is 0 Å². The Hall–Kier alpha value is -1.26. The summed E-state index contributed by atoms with van der Waals surface area (Å²) >= 11 is 0. The number of urea groups is 1. The highest BCUT2D eigenvalue weighted by atomic mass is 16.4. The van der Waals surface area contributed by atoms with Crippen molar-refractivity contribution in [2.45, 2.75) is 51.0 Å². The molecule has 102 valence electrons. The minimum absolute atomic E-state index is 0.00279. The van der Waals surface area contributed by atoms with E-state index in [9.17, 15) is 9.59 Å². The molecule has 1 aliphatic carbocycles. The molecular weight excluding hydrogens is 232 g/mol. The zero-order valence-electron chi connectivity index (χ0n) is 10.7. The zero-order valence-corrected chi connectivity index (χ0v) is 10.7. The molecule has 2 N–H and O–H groups in total. The Morgan fingerprint density at radius 1 is 1.17 bits per heavy atom. The summed E-state index contributed by atoms with van der Waals surface area (Å²) in [5.74, 6) is -0.649. The van der Waals surface area contributed by atoms with Crippen molar-refractivity contribution in [1.29, 1.82) is 0 Å². The van der Waals surface area contributed by atoms with Crippen LogP contribution in [0.25, 0.3) is 0 Å². The first-order valence-corrected chi connectivity index (χ1v) is 6.92. The van der Waals surface area contributed by atoms with Gasteiger partial charge in [-0.05, 0) is 31.6 Å². The predicted molar refractivity (Wildman–Crippen MR) is 67.3 cm³/mol. The fraction of sp³-hybridized carbons (Fsp3) is 0.846. The lowest BCUT2D eigenvalue weighted by atomic mass is 9.95. The summed E-state index contributed by atoms with van der Waals surface area (Å²) < 4.78 is 0. The van der Waals surface area contributed by atoms with Crippen LogP contribution in [-0.4, -0.2) is 41.1 Å². The highest BCUT2D eigenvalue weighted by Gasteiger charge is 2.27. The number of hydrogen-bond acceptors (Lipinski definition) is 2. The van der Waals surface area contributed by atoms with Gasteiger partial charge in [0.15, 0.2) is 0 Å². The van der Waals surface area contributed by atoms with Gasteiger partial charge in [0.05, 0.1) is 0 Å².